The van der Waals surface area contributed by atoms with Gasteiger partial charge in [-0.05, 0) is 28.7 Å². The van der Waals surface area contributed by atoms with Crippen LogP contribution in [0.5, 0.6) is 11.8 Å². The maximum absolute atomic E-state index is 12.0. The first-order valence-electron chi connectivity index (χ1n) is 4.07. The van der Waals surface area contributed by atoms with E-state index < -0.39 is 33.0 Å². The van der Waals surface area contributed by atoms with Crippen LogP contribution in [0.15, 0.2) is 11.0 Å². The Kier molecular flexibility index (Phi) is 4.27. The van der Waals surface area contributed by atoms with E-state index in [-0.39, 0.29) is 3.57 Å². The van der Waals surface area contributed by atoms with Gasteiger partial charge in [-0.25, -0.2) is 13.6 Å². The second-order valence-electron chi connectivity index (χ2n) is 2.88. The molecule has 0 spiro atoms. The third kappa shape index (κ3) is 3.84. The average molecular weight is 398 g/mol. The van der Waals surface area contributed by atoms with Gasteiger partial charge in [0.05, 0.1) is 10.7 Å². The maximum Gasteiger partial charge on any atom is 0.574 e. The number of rotatable bonds is 3. The number of primary sulfonamides is 1. The number of methoxy groups -OCH3 is 1. The fourth-order valence-corrected chi connectivity index (χ4v) is 2.38. The van der Waals surface area contributed by atoms with Crippen molar-refractivity contribution >= 4 is 32.6 Å². The molecule has 0 atom stereocenters. The van der Waals surface area contributed by atoms with E-state index in [0.717, 1.165) is 13.2 Å². The smallest absolute Gasteiger partial charge is 0.480 e. The van der Waals surface area contributed by atoms with Crippen LogP contribution in [0.2, 0.25) is 0 Å². The van der Waals surface area contributed by atoms with Gasteiger partial charge in [0, 0.05) is 0 Å². The number of aromatic nitrogens is 1. The van der Waals surface area contributed by atoms with Crippen LogP contribution in [0.4, 0.5) is 13.2 Å². The lowest BCUT2D eigenvalue weighted by atomic mass is 10.4. The molecule has 0 fully saturated rings. The van der Waals surface area contributed by atoms with Crippen molar-refractivity contribution in [1.82, 2.24) is 4.98 Å². The summed E-state index contributed by atoms with van der Waals surface area (Å²) in [6.07, 6.45) is -4.94. The van der Waals surface area contributed by atoms with Crippen molar-refractivity contribution in [2.24, 2.45) is 5.14 Å². The van der Waals surface area contributed by atoms with Crippen molar-refractivity contribution in [1.29, 1.82) is 0 Å². The van der Waals surface area contributed by atoms with Gasteiger partial charge < -0.3 is 9.47 Å². The van der Waals surface area contributed by atoms with Crippen LogP contribution in [-0.4, -0.2) is 26.9 Å². The van der Waals surface area contributed by atoms with Crippen molar-refractivity contribution in [3.8, 4) is 11.8 Å². The predicted molar refractivity (Wildman–Crippen MR) is 61.6 cm³/mol. The van der Waals surface area contributed by atoms with Crippen molar-refractivity contribution in [3.63, 3.8) is 0 Å². The van der Waals surface area contributed by atoms with E-state index in [0.29, 0.717) is 0 Å². The summed E-state index contributed by atoms with van der Waals surface area (Å²) < 4.78 is 66.4. The SMILES string of the molecule is COc1nc(OC(F)(F)F)c(I)cc1S(N)(=O)=O. The highest BCUT2D eigenvalue weighted by Gasteiger charge is 2.34. The number of alkyl halides is 3. The van der Waals surface area contributed by atoms with Gasteiger partial charge in [-0.15, -0.1) is 13.2 Å². The van der Waals surface area contributed by atoms with Crippen molar-refractivity contribution in [2.45, 2.75) is 11.3 Å². The van der Waals surface area contributed by atoms with Crippen LogP contribution in [0.3, 0.4) is 0 Å². The van der Waals surface area contributed by atoms with E-state index in [2.05, 4.69) is 14.5 Å². The topological polar surface area (TPSA) is 91.5 Å². The van der Waals surface area contributed by atoms with Crippen LogP contribution >= 0.6 is 22.6 Å². The molecular formula is C7H6F3IN2O4S. The van der Waals surface area contributed by atoms with E-state index in [1.807, 2.05) is 0 Å². The molecule has 0 bridgehead atoms. The minimum absolute atomic E-state index is 0.172. The van der Waals surface area contributed by atoms with Gasteiger partial charge in [0.1, 0.15) is 4.90 Å². The second-order valence-corrected chi connectivity index (χ2v) is 5.57. The van der Waals surface area contributed by atoms with Gasteiger partial charge in [0.15, 0.2) is 0 Å². The minimum Gasteiger partial charge on any atom is -0.480 e. The number of sulfonamides is 1. The molecule has 0 saturated heterocycles. The van der Waals surface area contributed by atoms with Gasteiger partial charge in [-0.2, -0.15) is 4.98 Å². The fraction of sp³-hybridized carbons (Fsp3) is 0.286. The molecule has 102 valence electrons. The summed E-state index contributed by atoms with van der Waals surface area (Å²) in [4.78, 5) is 2.79. The van der Waals surface area contributed by atoms with E-state index in [1.165, 1.54) is 22.6 Å². The molecular weight excluding hydrogens is 392 g/mol. The summed E-state index contributed by atoms with van der Waals surface area (Å²) in [6.45, 7) is 0. The molecule has 1 aromatic rings. The number of hydrogen-bond acceptors (Lipinski definition) is 5. The minimum atomic E-state index is -4.94. The number of nitrogens with zero attached hydrogens (tertiary/aromatic N) is 1. The first-order valence-corrected chi connectivity index (χ1v) is 6.70. The van der Waals surface area contributed by atoms with Crippen LogP contribution in [0, 0.1) is 3.57 Å². The molecule has 0 unspecified atom stereocenters. The molecule has 2 N–H and O–H groups in total. The fourth-order valence-electron chi connectivity index (χ4n) is 0.971. The second kappa shape index (κ2) is 5.05. The Bertz CT molecular complexity index is 561. The normalized spacial score (nSPS) is 12.3. The lowest BCUT2D eigenvalue weighted by Gasteiger charge is -2.12. The van der Waals surface area contributed by atoms with E-state index in [9.17, 15) is 21.6 Å². The van der Waals surface area contributed by atoms with Crippen LogP contribution in [-0.2, 0) is 10.0 Å². The van der Waals surface area contributed by atoms with Crippen molar-refractivity contribution in [2.75, 3.05) is 7.11 Å². The third-order valence-electron chi connectivity index (χ3n) is 1.59. The van der Waals surface area contributed by atoms with Gasteiger partial charge in [0.2, 0.25) is 21.8 Å². The quantitative estimate of drug-likeness (QED) is 0.774. The molecule has 0 aromatic carbocycles. The number of ether oxygens (including phenoxy) is 2. The molecule has 18 heavy (non-hydrogen) atoms. The molecule has 0 aliphatic carbocycles. The molecule has 0 aliphatic heterocycles. The Hall–Kier alpha value is -0.820. The highest BCUT2D eigenvalue weighted by Crippen LogP contribution is 2.31. The highest BCUT2D eigenvalue weighted by molar-refractivity contribution is 14.1. The first-order chi connectivity index (χ1) is 8.04. The summed E-state index contributed by atoms with van der Waals surface area (Å²) in [7, 11) is -3.11. The van der Waals surface area contributed by atoms with Gasteiger partial charge in [0.25, 0.3) is 0 Å². The summed E-state index contributed by atoms with van der Waals surface area (Å²) in [6, 6.07) is 0.878. The Balaban J connectivity index is 3.36. The Labute approximate surface area is 113 Å². The average Bonchev–Trinajstić information content (AvgIpc) is 2.17. The van der Waals surface area contributed by atoms with Gasteiger partial charge >= 0.3 is 6.36 Å². The van der Waals surface area contributed by atoms with E-state index >= 15 is 0 Å². The lowest BCUT2D eigenvalue weighted by Crippen LogP contribution is -2.20. The largest absolute Gasteiger partial charge is 0.574 e. The number of nitrogens with two attached hydrogens (primary N) is 1. The molecule has 0 radical (unpaired) electrons. The van der Waals surface area contributed by atoms with Crippen LogP contribution in [0.25, 0.3) is 0 Å². The van der Waals surface area contributed by atoms with Gasteiger partial charge in [-0.1, -0.05) is 0 Å². The molecule has 1 heterocycles. The zero-order valence-electron chi connectivity index (χ0n) is 8.66. The maximum atomic E-state index is 12.0. The zero-order chi connectivity index (χ0) is 14.1. The predicted octanol–water partition coefficient (Wildman–Crippen LogP) is 1.24. The number of hydrogen-bond donors (Lipinski definition) is 1. The van der Waals surface area contributed by atoms with Crippen LogP contribution < -0.4 is 14.6 Å². The molecule has 6 nitrogen and oxygen atoms in total. The molecule has 0 aliphatic rings. The monoisotopic (exact) mass is 398 g/mol. The standard InChI is InChI=1S/C7H6F3IN2O4S/c1-16-6-4(18(12,14)15)2-3(11)5(13-6)17-7(8,9)10/h2H,1H3,(H2,12,14,15). The van der Waals surface area contributed by atoms with E-state index in [1.54, 1.807) is 0 Å². The Morgan fingerprint density at radius 1 is 1.39 bits per heavy atom. The molecule has 0 saturated carbocycles. The summed E-state index contributed by atoms with van der Waals surface area (Å²) >= 11 is 1.44. The van der Waals surface area contributed by atoms with Gasteiger partial charge in [-0.3, -0.25) is 0 Å². The van der Waals surface area contributed by atoms with Crippen molar-refractivity contribution < 1.29 is 31.1 Å². The summed E-state index contributed by atoms with van der Waals surface area (Å²) in [5.41, 5.74) is 0. The van der Waals surface area contributed by atoms with Crippen LogP contribution in [0.1, 0.15) is 0 Å². The first kappa shape index (κ1) is 15.2. The molecule has 1 aromatic heterocycles. The summed E-state index contributed by atoms with van der Waals surface area (Å²) in [5.74, 6) is -1.38. The highest BCUT2D eigenvalue weighted by atomic mass is 127. The third-order valence-corrected chi connectivity index (χ3v) is 3.27. The molecule has 11 heteroatoms. The number of pyridine rings is 1. The summed E-state index contributed by atoms with van der Waals surface area (Å²) in [5, 5.41) is 4.87. The Morgan fingerprint density at radius 3 is 2.33 bits per heavy atom. The lowest BCUT2D eigenvalue weighted by molar-refractivity contribution is -0.276. The molecule has 0 amide bonds. The Morgan fingerprint density at radius 2 is 1.94 bits per heavy atom. The van der Waals surface area contributed by atoms with Crippen molar-refractivity contribution in [3.05, 3.63) is 9.64 Å². The number of halogens is 4. The zero-order valence-corrected chi connectivity index (χ0v) is 11.6. The van der Waals surface area contributed by atoms with E-state index in [4.69, 9.17) is 5.14 Å². The molecule has 1 rings (SSSR count).